The molecule has 18 heavy (non-hydrogen) atoms. The lowest BCUT2D eigenvalue weighted by Gasteiger charge is -2.07. The first kappa shape index (κ1) is 13.4. The Kier molecular flexibility index (Phi) is 4.29. The molecule has 0 N–H and O–H groups in total. The van der Waals surface area contributed by atoms with Gasteiger partial charge in [-0.15, -0.1) is 11.3 Å². The number of hydrogen-bond acceptors (Lipinski definition) is 4. The van der Waals surface area contributed by atoms with E-state index in [1.807, 2.05) is 16.1 Å². The van der Waals surface area contributed by atoms with E-state index >= 15 is 0 Å². The van der Waals surface area contributed by atoms with Crippen LogP contribution in [-0.4, -0.2) is 20.5 Å². The van der Waals surface area contributed by atoms with Gasteiger partial charge in [0, 0.05) is 16.4 Å². The first-order valence-electron chi connectivity index (χ1n) is 5.70. The van der Waals surface area contributed by atoms with Crippen LogP contribution in [-0.2, 0) is 13.0 Å². The number of aromatic nitrogens is 3. The van der Waals surface area contributed by atoms with E-state index in [2.05, 4.69) is 39.9 Å². The summed E-state index contributed by atoms with van der Waals surface area (Å²) in [5.74, 6) is 1.30. The summed E-state index contributed by atoms with van der Waals surface area (Å²) in [5, 5.41) is 6.06. The summed E-state index contributed by atoms with van der Waals surface area (Å²) in [6.07, 6.45) is 1.81. The molecule has 0 amide bonds. The molecule has 2 aromatic rings. The lowest BCUT2D eigenvalue weighted by molar-refractivity contribution is 0.0993. The molecule has 96 valence electrons. The first-order chi connectivity index (χ1) is 8.56. The van der Waals surface area contributed by atoms with Gasteiger partial charge in [-0.3, -0.25) is 4.79 Å². The van der Waals surface area contributed by atoms with E-state index in [4.69, 9.17) is 0 Å². The van der Waals surface area contributed by atoms with Crippen molar-refractivity contribution >= 4 is 33.0 Å². The summed E-state index contributed by atoms with van der Waals surface area (Å²) in [5.41, 5.74) is 0. The average Bonchev–Trinajstić information content (AvgIpc) is 2.88. The summed E-state index contributed by atoms with van der Waals surface area (Å²) >= 11 is 4.80. The number of halogens is 1. The van der Waals surface area contributed by atoms with E-state index in [0.717, 1.165) is 21.7 Å². The summed E-state index contributed by atoms with van der Waals surface area (Å²) in [4.78, 5) is 17.0. The van der Waals surface area contributed by atoms with Gasteiger partial charge in [-0.1, -0.05) is 13.8 Å². The van der Waals surface area contributed by atoms with Crippen molar-refractivity contribution < 1.29 is 4.79 Å². The molecule has 6 heteroatoms. The van der Waals surface area contributed by atoms with Crippen molar-refractivity contribution in [2.45, 2.75) is 26.8 Å². The Hall–Kier alpha value is -1.01. The van der Waals surface area contributed by atoms with Crippen molar-refractivity contribution in [3.63, 3.8) is 0 Å². The van der Waals surface area contributed by atoms with Crippen LogP contribution in [0, 0.1) is 5.92 Å². The normalized spacial score (nSPS) is 11.1. The molecule has 0 atom stereocenters. The standard InChI is InChI=1S/C12H14BrN3OS/c1-8(2)5-16-12(14-7-15-16)4-10(17)11-3-9(13)6-18-11/h3,6-8H,4-5H2,1-2H3. The Bertz CT molecular complexity index is 547. The zero-order valence-corrected chi connectivity index (χ0v) is 12.7. The van der Waals surface area contributed by atoms with Gasteiger partial charge in [0.05, 0.1) is 11.3 Å². The SMILES string of the molecule is CC(C)Cn1ncnc1CC(=O)c1cc(Br)cs1. The molecule has 2 aromatic heterocycles. The van der Waals surface area contributed by atoms with Gasteiger partial charge in [0.2, 0.25) is 0 Å². The van der Waals surface area contributed by atoms with Crippen LogP contribution >= 0.6 is 27.3 Å². The maximum atomic E-state index is 12.1. The van der Waals surface area contributed by atoms with Crippen LogP contribution in [0.1, 0.15) is 29.3 Å². The molecule has 0 aliphatic heterocycles. The van der Waals surface area contributed by atoms with Crippen molar-refractivity contribution in [1.82, 2.24) is 14.8 Å². The predicted molar refractivity (Wildman–Crippen MR) is 74.9 cm³/mol. The van der Waals surface area contributed by atoms with E-state index < -0.39 is 0 Å². The number of carbonyl (C=O) groups excluding carboxylic acids is 1. The van der Waals surface area contributed by atoms with E-state index in [9.17, 15) is 4.79 Å². The number of rotatable bonds is 5. The van der Waals surface area contributed by atoms with E-state index in [-0.39, 0.29) is 5.78 Å². The molecule has 0 aliphatic carbocycles. The molecule has 0 saturated heterocycles. The van der Waals surface area contributed by atoms with Gasteiger partial charge in [0.1, 0.15) is 12.2 Å². The zero-order valence-electron chi connectivity index (χ0n) is 10.3. The highest BCUT2D eigenvalue weighted by Crippen LogP contribution is 2.21. The van der Waals surface area contributed by atoms with Crippen molar-refractivity contribution in [3.8, 4) is 0 Å². The van der Waals surface area contributed by atoms with Crippen molar-refractivity contribution in [2.75, 3.05) is 0 Å². The Morgan fingerprint density at radius 3 is 2.94 bits per heavy atom. The fourth-order valence-corrected chi connectivity index (χ4v) is 2.98. The van der Waals surface area contributed by atoms with Gasteiger partial charge >= 0.3 is 0 Å². The highest BCUT2D eigenvalue weighted by atomic mass is 79.9. The van der Waals surface area contributed by atoms with Gasteiger partial charge in [-0.05, 0) is 27.9 Å². The zero-order chi connectivity index (χ0) is 13.1. The second kappa shape index (κ2) is 5.75. The predicted octanol–water partition coefficient (Wildman–Crippen LogP) is 3.18. The smallest absolute Gasteiger partial charge is 0.180 e. The van der Waals surface area contributed by atoms with Crippen LogP contribution in [0.4, 0.5) is 0 Å². The van der Waals surface area contributed by atoms with E-state index in [1.54, 1.807) is 0 Å². The van der Waals surface area contributed by atoms with Crippen LogP contribution < -0.4 is 0 Å². The lowest BCUT2D eigenvalue weighted by Crippen LogP contribution is -2.13. The van der Waals surface area contributed by atoms with Gasteiger partial charge in [0.25, 0.3) is 0 Å². The minimum atomic E-state index is 0.0868. The number of carbonyl (C=O) groups is 1. The number of thiophene rings is 1. The molecule has 0 unspecified atom stereocenters. The van der Waals surface area contributed by atoms with Crippen LogP contribution in [0.5, 0.6) is 0 Å². The average molecular weight is 328 g/mol. The van der Waals surface area contributed by atoms with Gasteiger partial charge < -0.3 is 0 Å². The third-order valence-electron chi connectivity index (χ3n) is 2.39. The monoisotopic (exact) mass is 327 g/mol. The number of hydrogen-bond donors (Lipinski definition) is 0. The Morgan fingerprint density at radius 2 is 2.33 bits per heavy atom. The molecule has 2 heterocycles. The molecular weight excluding hydrogens is 314 g/mol. The van der Waals surface area contributed by atoms with Gasteiger partial charge in [-0.2, -0.15) is 5.10 Å². The largest absolute Gasteiger partial charge is 0.293 e. The molecule has 0 fully saturated rings. The number of ketones is 1. The Morgan fingerprint density at radius 1 is 1.56 bits per heavy atom. The molecule has 0 aromatic carbocycles. The molecule has 4 nitrogen and oxygen atoms in total. The van der Waals surface area contributed by atoms with Gasteiger partial charge in [0.15, 0.2) is 5.78 Å². The molecular formula is C12H14BrN3OS. The molecule has 0 aliphatic rings. The minimum absolute atomic E-state index is 0.0868. The molecule has 0 radical (unpaired) electrons. The molecule has 2 rings (SSSR count). The van der Waals surface area contributed by atoms with E-state index in [0.29, 0.717) is 12.3 Å². The van der Waals surface area contributed by atoms with Crippen LogP contribution in [0.15, 0.2) is 22.2 Å². The number of Topliss-reactive ketones (excluding diaryl/α,β-unsaturated/α-hetero) is 1. The molecule has 0 saturated carbocycles. The summed E-state index contributed by atoms with van der Waals surface area (Å²) in [7, 11) is 0. The molecule has 0 spiro atoms. The fourth-order valence-electron chi connectivity index (χ4n) is 1.61. The maximum absolute atomic E-state index is 12.1. The third kappa shape index (κ3) is 3.26. The van der Waals surface area contributed by atoms with Crippen molar-refractivity contribution in [3.05, 3.63) is 32.9 Å². The first-order valence-corrected chi connectivity index (χ1v) is 7.37. The summed E-state index contributed by atoms with van der Waals surface area (Å²) in [6, 6.07) is 1.84. The minimum Gasteiger partial charge on any atom is -0.293 e. The quantitative estimate of drug-likeness (QED) is 0.792. The maximum Gasteiger partial charge on any atom is 0.180 e. The number of nitrogens with zero attached hydrogens (tertiary/aromatic N) is 3. The third-order valence-corrected chi connectivity index (χ3v) is 4.13. The second-order valence-corrected chi connectivity index (χ2v) is 6.31. The Labute approximate surface area is 118 Å². The highest BCUT2D eigenvalue weighted by Gasteiger charge is 2.14. The lowest BCUT2D eigenvalue weighted by atomic mass is 10.2. The van der Waals surface area contributed by atoms with Crippen molar-refractivity contribution in [2.24, 2.45) is 5.92 Å². The highest BCUT2D eigenvalue weighted by molar-refractivity contribution is 9.10. The second-order valence-electron chi connectivity index (χ2n) is 4.48. The van der Waals surface area contributed by atoms with Crippen molar-refractivity contribution in [1.29, 1.82) is 0 Å². The fraction of sp³-hybridized carbons (Fsp3) is 0.417. The summed E-state index contributed by atoms with van der Waals surface area (Å²) in [6.45, 7) is 5.02. The molecule has 0 bridgehead atoms. The van der Waals surface area contributed by atoms with E-state index in [1.165, 1.54) is 17.7 Å². The topological polar surface area (TPSA) is 47.8 Å². The van der Waals surface area contributed by atoms with Crippen LogP contribution in [0.2, 0.25) is 0 Å². The summed E-state index contributed by atoms with van der Waals surface area (Å²) < 4.78 is 2.75. The van der Waals surface area contributed by atoms with Crippen LogP contribution in [0.3, 0.4) is 0 Å². The Balaban J connectivity index is 2.10. The van der Waals surface area contributed by atoms with Gasteiger partial charge in [-0.25, -0.2) is 9.67 Å². The van der Waals surface area contributed by atoms with Crippen LogP contribution in [0.25, 0.3) is 0 Å².